The normalized spacial score (nSPS) is 23.5. The van der Waals surface area contributed by atoms with Crippen LogP contribution in [-0.4, -0.2) is 18.7 Å². The number of ketones is 2. The van der Waals surface area contributed by atoms with Crippen LogP contribution in [0.5, 0.6) is 5.75 Å². The van der Waals surface area contributed by atoms with E-state index < -0.39 is 0 Å². The molecule has 0 saturated heterocycles. The molecule has 0 spiro atoms. The monoisotopic (exact) mass is 457 g/mol. The Balaban J connectivity index is 1.97. The van der Waals surface area contributed by atoms with Gasteiger partial charge in [0.05, 0.1) is 7.11 Å². The highest BCUT2D eigenvalue weighted by molar-refractivity contribution is 9.10. The summed E-state index contributed by atoms with van der Waals surface area (Å²) in [5, 5.41) is 3.55. The highest BCUT2D eigenvalue weighted by Crippen LogP contribution is 2.52. The van der Waals surface area contributed by atoms with Gasteiger partial charge in [-0.3, -0.25) is 9.59 Å². The van der Waals surface area contributed by atoms with E-state index in [0.29, 0.717) is 18.6 Å². The van der Waals surface area contributed by atoms with Crippen molar-refractivity contribution in [1.82, 2.24) is 5.32 Å². The molecular formula is C24H28BrNO3. The Bertz CT molecular complexity index is 932. The summed E-state index contributed by atoms with van der Waals surface area (Å²) in [4.78, 5) is 26.7. The first-order valence-corrected chi connectivity index (χ1v) is 10.9. The summed E-state index contributed by atoms with van der Waals surface area (Å²) in [6.07, 6.45) is 2.57. The number of dihydropyridines is 1. The van der Waals surface area contributed by atoms with Gasteiger partial charge in [0.1, 0.15) is 5.75 Å². The lowest BCUT2D eigenvalue weighted by Crippen LogP contribution is -2.42. The number of carbonyl (C=O) groups excluding carboxylic acids is 2. The van der Waals surface area contributed by atoms with Gasteiger partial charge in [-0.1, -0.05) is 43.6 Å². The number of allylic oxidation sites excluding steroid dienone is 4. The van der Waals surface area contributed by atoms with Gasteiger partial charge in [-0.15, -0.1) is 0 Å². The molecule has 0 unspecified atom stereocenters. The van der Waals surface area contributed by atoms with Gasteiger partial charge in [0, 0.05) is 51.3 Å². The maximum atomic E-state index is 13.3. The molecule has 4 rings (SSSR count). The van der Waals surface area contributed by atoms with Crippen LogP contribution in [0.25, 0.3) is 0 Å². The Kier molecular flexibility index (Phi) is 4.80. The Morgan fingerprint density at radius 2 is 1.45 bits per heavy atom. The molecule has 4 nitrogen and oxygen atoms in total. The predicted molar refractivity (Wildman–Crippen MR) is 117 cm³/mol. The van der Waals surface area contributed by atoms with Crippen LogP contribution in [0.3, 0.4) is 0 Å². The number of hydrogen-bond acceptors (Lipinski definition) is 4. The maximum Gasteiger partial charge on any atom is 0.162 e. The quantitative estimate of drug-likeness (QED) is 0.642. The lowest BCUT2D eigenvalue weighted by atomic mass is 9.64. The van der Waals surface area contributed by atoms with E-state index in [1.807, 2.05) is 18.2 Å². The molecule has 0 amide bonds. The molecule has 154 valence electrons. The van der Waals surface area contributed by atoms with E-state index in [-0.39, 0.29) is 28.3 Å². The van der Waals surface area contributed by atoms with Gasteiger partial charge in [-0.05, 0) is 41.9 Å². The van der Waals surface area contributed by atoms with Crippen LogP contribution in [0.4, 0.5) is 0 Å². The summed E-state index contributed by atoms with van der Waals surface area (Å²) in [6, 6.07) is 5.81. The van der Waals surface area contributed by atoms with Gasteiger partial charge in [-0.2, -0.15) is 0 Å². The highest BCUT2D eigenvalue weighted by Gasteiger charge is 2.47. The van der Waals surface area contributed by atoms with E-state index in [1.165, 1.54) is 0 Å². The number of methoxy groups -OCH3 is 1. The maximum absolute atomic E-state index is 13.3. The number of Topliss-reactive ketones (excluding diaryl/α,β-unsaturated/α-hetero) is 2. The molecule has 0 aromatic heterocycles. The Hall–Kier alpha value is -1.88. The van der Waals surface area contributed by atoms with E-state index in [4.69, 9.17) is 4.74 Å². The van der Waals surface area contributed by atoms with Crippen LogP contribution < -0.4 is 10.1 Å². The summed E-state index contributed by atoms with van der Waals surface area (Å²) >= 11 is 3.56. The molecule has 1 N–H and O–H groups in total. The van der Waals surface area contributed by atoms with E-state index in [9.17, 15) is 9.59 Å². The summed E-state index contributed by atoms with van der Waals surface area (Å²) < 4.78 is 6.56. The van der Waals surface area contributed by atoms with E-state index in [0.717, 1.165) is 45.4 Å². The zero-order chi connectivity index (χ0) is 21.1. The van der Waals surface area contributed by atoms with Crippen LogP contribution >= 0.6 is 15.9 Å². The van der Waals surface area contributed by atoms with Gasteiger partial charge < -0.3 is 10.1 Å². The van der Waals surface area contributed by atoms with Crippen molar-refractivity contribution in [2.75, 3.05) is 7.11 Å². The molecule has 1 heterocycles. The minimum absolute atomic E-state index is 0.0961. The Morgan fingerprint density at radius 3 is 1.93 bits per heavy atom. The predicted octanol–water partition coefficient (Wildman–Crippen LogP) is 5.43. The van der Waals surface area contributed by atoms with Crippen LogP contribution in [0.15, 0.2) is 45.2 Å². The molecule has 0 bridgehead atoms. The van der Waals surface area contributed by atoms with Crippen LogP contribution in [0.2, 0.25) is 0 Å². The fraction of sp³-hybridized carbons (Fsp3) is 0.500. The molecule has 3 aliphatic rings. The number of halogens is 1. The first-order valence-electron chi connectivity index (χ1n) is 10.1. The first kappa shape index (κ1) is 20.4. The van der Waals surface area contributed by atoms with Gasteiger partial charge >= 0.3 is 0 Å². The molecule has 0 atom stereocenters. The van der Waals surface area contributed by atoms with Crippen LogP contribution in [-0.2, 0) is 9.59 Å². The molecule has 29 heavy (non-hydrogen) atoms. The van der Waals surface area contributed by atoms with Crippen molar-refractivity contribution in [2.45, 2.75) is 59.3 Å². The molecule has 5 heteroatoms. The second-order valence-electron chi connectivity index (χ2n) is 10.1. The van der Waals surface area contributed by atoms with Crippen molar-refractivity contribution >= 4 is 27.5 Å². The van der Waals surface area contributed by atoms with E-state index in [2.05, 4.69) is 48.9 Å². The average molecular weight is 458 g/mol. The molecule has 0 radical (unpaired) electrons. The molecular weight excluding hydrogens is 430 g/mol. The Morgan fingerprint density at radius 1 is 0.931 bits per heavy atom. The first-order chi connectivity index (χ1) is 13.5. The summed E-state index contributed by atoms with van der Waals surface area (Å²) in [5.41, 5.74) is 4.12. The fourth-order valence-electron chi connectivity index (χ4n) is 5.13. The zero-order valence-electron chi connectivity index (χ0n) is 17.7. The lowest BCUT2D eigenvalue weighted by Gasteiger charge is -2.44. The zero-order valence-corrected chi connectivity index (χ0v) is 19.3. The van der Waals surface area contributed by atoms with E-state index in [1.54, 1.807) is 7.11 Å². The number of nitrogens with one attached hydrogen (secondary N) is 1. The highest BCUT2D eigenvalue weighted by atomic mass is 79.9. The molecule has 0 fully saturated rings. The minimum atomic E-state index is -0.374. The molecule has 2 aliphatic carbocycles. The average Bonchev–Trinajstić information content (AvgIpc) is 2.57. The van der Waals surface area contributed by atoms with Crippen molar-refractivity contribution in [1.29, 1.82) is 0 Å². The van der Waals surface area contributed by atoms with Crippen molar-refractivity contribution in [3.63, 3.8) is 0 Å². The molecule has 1 aromatic rings. The second kappa shape index (κ2) is 6.83. The van der Waals surface area contributed by atoms with Gasteiger partial charge in [0.2, 0.25) is 0 Å². The summed E-state index contributed by atoms with van der Waals surface area (Å²) in [7, 11) is 1.63. The van der Waals surface area contributed by atoms with Crippen molar-refractivity contribution in [3.8, 4) is 5.75 Å². The SMILES string of the molecule is COc1ccc(Br)cc1C1C2=C(CC(C)(C)CC2=O)NC2=C1C(=O)CC(C)(C)C2. The molecule has 1 aliphatic heterocycles. The third-order valence-electron chi connectivity index (χ3n) is 6.22. The summed E-state index contributed by atoms with van der Waals surface area (Å²) in [6.45, 7) is 8.52. The van der Waals surface area contributed by atoms with Gasteiger partial charge in [-0.25, -0.2) is 0 Å². The molecule has 0 saturated carbocycles. The smallest absolute Gasteiger partial charge is 0.162 e. The number of benzene rings is 1. The largest absolute Gasteiger partial charge is 0.496 e. The van der Waals surface area contributed by atoms with Crippen LogP contribution in [0, 0.1) is 10.8 Å². The number of rotatable bonds is 2. The topological polar surface area (TPSA) is 55.4 Å². The van der Waals surface area contributed by atoms with Crippen molar-refractivity contribution in [2.24, 2.45) is 10.8 Å². The number of hydrogen-bond donors (Lipinski definition) is 1. The number of carbonyl (C=O) groups is 2. The lowest BCUT2D eigenvalue weighted by molar-refractivity contribution is -0.119. The van der Waals surface area contributed by atoms with Gasteiger partial charge in [0.15, 0.2) is 11.6 Å². The van der Waals surface area contributed by atoms with Gasteiger partial charge in [0.25, 0.3) is 0 Å². The molecule has 1 aromatic carbocycles. The minimum Gasteiger partial charge on any atom is -0.496 e. The van der Waals surface area contributed by atoms with Crippen molar-refractivity contribution < 1.29 is 14.3 Å². The third kappa shape index (κ3) is 3.58. The Labute approximate surface area is 180 Å². The second-order valence-corrected chi connectivity index (χ2v) is 11.0. The number of ether oxygens (including phenoxy) is 1. The standard InChI is InChI=1S/C24H28BrNO3/c1-23(2)9-15-21(17(27)11-23)20(14-8-13(25)6-7-19(14)29-5)22-16(26-15)10-24(3,4)12-18(22)28/h6-8,20,26H,9-12H2,1-5H3. The van der Waals surface area contributed by atoms with Crippen molar-refractivity contribution in [3.05, 3.63) is 50.8 Å². The third-order valence-corrected chi connectivity index (χ3v) is 6.72. The fourth-order valence-corrected chi connectivity index (χ4v) is 5.51. The van der Waals surface area contributed by atoms with Crippen LogP contribution in [0.1, 0.15) is 64.9 Å². The van der Waals surface area contributed by atoms with E-state index >= 15 is 0 Å². The summed E-state index contributed by atoms with van der Waals surface area (Å²) in [5.74, 6) is 0.579.